The molecule has 1 aliphatic rings. The number of fused-ring (bicyclic) bond motifs is 3. The number of thioether (sulfide) groups is 1. The van der Waals surface area contributed by atoms with Gasteiger partial charge in [0.1, 0.15) is 23.0 Å². The first kappa shape index (κ1) is 20.3. The average molecular weight is 450 g/mol. The number of aromatic nitrogens is 2. The molecule has 0 unspecified atom stereocenters. The zero-order valence-electron chi connectivity index (χ0n) is 15.6. The Morgan fingerprint density at radius 1 is 1.31 bits per heavy atom. The van der Waals surface area contributed by atoms with Crippen LogP contribution in [0.5, 0.6) is 5.75 Å². The van der Waals surface area contributed by atoms with Gasteiger partial charge < -0.3 is 15.0 Å². The number of aryl methyl sites for hydroxylation is 2. The zero-order valence-corrected chi connectivity index (χ0v) is 18.0. The number of carbonyl (C=O) groups is 1. The summed E-state index contributed by atoms with van der Waals surface area (Å²) in [6.07, 6.45) is 3.13. The van der Waals surface area contributed by atoms with E-state index in [1.165, 1.54) is 22.2 Å². The predicted octanol–water partition coefficient (Wildman–Crippen LogP) is 3.56. The summed E-state index contributed by atoms with van der Waals surface area (Å²) in [5.41, 5.74) is 1.12. The van der Waals surface area contributed by atoms with E-state index in [1.54, 1.807) is 35.6 Å². The van der Waals surface area contributed by atoms with Crippen LogP contribution in [0.4, 0.5) is 0 Å². The van der Waals surface area contributed by atoms with Crippen molar-refractivity contribution in [3.05, 3.63) is 55.9 Å². The molecule has 0 radical (unpaired) electrons. The highest BCUT2D eigenvalue weighted by Gasteiger charge is 2.21. The van der Waals surface area contributed by atoms with E-state index in [0.717, 1.165) is 29.5 Å². The number of benzene rings is 1. The molecule has 4 rings (SSSR count). The molecule has 2 N–H and O–H groups in total. The molecule has 1 aromatic carbocycles. The first-order valence-electron chi connectivity index (χ1n) is 9.36. The second-order valence-electron chi connectivity index (χ2n) is 6.70. The number of nitrogens with one attached hydrogen (secondary N) is 2. The largest absolute Gasteiger partial charge is 0.492 e. The SMILES string of the molecule is O=C(CSCc1nc2sc3c(c2c(=O)[nH]1)CCC3)NCCOc1ccc(Cl)cc1. The van der Waals surface area contributed by atoms with Gasteiger partial charge in [-0.3, -0.25) is 9.59 Å². The number of H-pyrrole nitrogens is 1. The Bertz CT molecular complexity index is 1080. The summed E-state index contributed by atoms with van der Waals surface area (Å²) in [7, 11) is 0. The lowest BCUT2D eigenvalue weighted by Crippen LogP contribution is -2.29. The van der Waals surface area contributed by atoms with E-state index >= 15 is 0 Å². The van der Waals surface area contributed by atoms with Crippen LogP contribution in [-0.2, 0) is 23.4 Å². The molecule has 2 aromatic heterocycles. The summed E-state index contributed by atoms with van der Waals surface area (Å²) in [5.74, 6) is 2.04. The summed E-state index contributed by atoms with van der Waals surface area (Å²) in [5, 5.41) is 4.23. The molecular formula is C20H20ClN3O3S2. The van der Waals surface area contributed by atoms with Gasteiger partial charge in [0, 0.05) is 9.90 Å². The number of amides is 1. The van der Waals surface area contributed by atoms with Crippen molar-refractivity contribution in [3.8, 4) is 5.75 Å². The third-order valence-electron chi connectivity index (χ3n) is 4.60. The molecular weight excluding hydrogens is 430 g/mol. The zero-order chi connectivity index (χ0) is 20.2. The third-order valence-corrected chi connectivity index (χ3v) is 6.98. The maximum atomic E-state index is 12.4. The lowest BCUT2D eigenvalue weighted by Gasteiger charge is -2.08. The molecule has 1 amide bonds. The first-order chi connectivity index (χ1) is 14.1. The molecule has 0 aliphatic heterocycles. The summed E-state index contributed by atoms with van der Waals surface area (Å²) in [4.78, 5) is 34.0. The molecule has 6 nitrogen and oxygen atoms in total. The van der Waals surface area contributed by atoms with Crippen LogP contribution in [0.3, 0.4) is 0 Å². The quantitative estimate of drug-likeness (QED) is 0.514. The van der Waals surface area contributed by atoms with Gasteiger partial charge in [0.25, 0.3) is 5.56 Å². The number of hydrogen-bond donors (Lipinski definition) is 2. The fraction of sp³-hybridized carbons (Fsp3) is 0.350. The monoisotopic (exact) mass is 449 g/mol. The molecule has 0 atom stereocenters. The topological polar surface area (TPSA) is 84.1 Å². The predicted molar refractivity (Wildman–Crippen MR) is 118 cm³/mol. The summed E-state index contributed by atoms with van der Waals surface area (Å²) in [6.45, 7) is 0.802. The molecule has 152 valence electrons. The van der Waals surface area contributed by atoms with Crippen LogP contribution < -0.4 is 15.6 Å². The lowest BCUT2D eigenvalue weighted by atomic mass is 10.2. The van der Waals surface area contributed by atoms with Gasteiger partial charge in [-0.2, -0.15) is 0 Å². The highest BCUT2D eigenvalue weighted by Crippen LogP contribution is 2.34. The Labute approximate surface area is 181 Å². The van der Waals surface area contributed by atoms with Crippen molar-refractivity contribution in [1.29, 1.82) is 0 Å². The Morgan fingerprint density at radius 3 is 2.97 bits per heavy atom. The Balaban J connectivity index is 1.21. The van der Waals surface area contributed by atoms with E-state index in [1.807, 2.05) is 0 Å². The van der Waals surface area contributed by atoms with Crippen LogP contribution in [-0.4, -0.2) is 34.8 Å². The number of aromatic amines is 1. The maximum Gasteiger partial charge on any atom is 0.259 e. The number of thiophene rings is 1. The molecule has 3 aromatic rings. The fourth-order valence-electron chi connectivity index (χ4n) is 3.30. The molecule has 29 heavy (non-hydrogen) atoms. The summed E-state index contributed by atoms with van der Waals surface area (Å²) < 4.78 is 5.54. The smallest absolute Gasteiger partial charge is 0.259 e. The lowest BCUT2D eigenvalue weighted by molar-refractivity contribution is -0.118. The van der Waals surface area contributed by atoms with Crippen molar-refractivity contribution in [3.63, 3.8) is 0 Å². The molecule has 1 aliphatic carbocycles. The molecule has 0 fully saturated rings. The summed E-state index contributed by atoms with van der Waals surface area (Å²) in [6, 6.07) is 7.08. The van der Waals surface area contributed by atoms with Gasteiger partial charge in [0.15, 0.2) is 0 Å². The molecule has 0 bridgehead atoms. The number of halogens is 1. The standard InChI is InChI=1S/C20H20ClN3O3S2/c21-12-4-6-13(7-5-12)27-9-8-22-17(25)11-28-10-16-23-19(26)18-14-2-1-3-15(14)29-20(18)24-16/h4-7H,1-3,8-11H2,(H,22,25)(H,23,24,26). The van der Waals surface area contributed by atoms with Gasteiger partial charge >= 0.3 is 0 Å². The van der Waals surface area contributed by atoms with E-state index < -0.39 is 0 Å². The van der Waals surface area contributed by atoms with Crippen LogP contribution in [0.1, 0.15) is 22.7 Å². The Morgan fingerprint density at radius 2 is 2.14 bits per heavy atom. The number of rotatable bonds is 8. The van der Waals surface area contributed by atoms with E-state index in [9.17, 15) is 9.59 Å². The van der Waals surface area contributed by atoms with Gasteiger partial charge in [0.2, 0.25) is 5.91 Å². The van der Waals surface area contributed by atoms with E-state index in [0.29, 0.717) is 41.3 Å². The minimum Gasteiger partial charge on any atom is -0.492 e. The number of nitrogens with zero attached hydrogens (tertiary/aromatic N) is 1. The summed E-state index contributed by atoms with van der Waals surface area (Å²) >= 11 is 8.87. The maximum absolute atomic E-state index is 12.4. The highest BCUT2D eigenvalue weighted by molar-refractivity contribution is 7.99. The third kappa shape index (κ3) is 4.94. The average Bonchev–Trinajstić information content (AvgIpc) is 3.27. The molecule has 0 saturated carbocycles. The van der Waals surface area contributed by atoms with Crippen molar-refractivity contribution in [1.82, 2.24) is 15.3 Å². The van der Waals surface area contributed by atoms with Gasteiger partial charge in [-0.25, -0.2) is 4.98 Å². The Hall–Kier alpha value is -2.03. The minimum atomic E-state index is -0.0757. The second-order valence-corrected chi connectivity index (χ2v) is 9.20. The highest BCUT2D eigenvalue weighted by atomic mass is 35.5. The molecule has 0 spiro atoms. The van der Waals surface area contributed by atoms with E-state index in [4.69, 9.17) is 16.3 Å². The van der Waals surface area contributed by atoms with Gasteiger partial charge in [-0.1, -0.05) is 11.6 Å². The van der Waals surface area contributed by atoms with Gasteiger partial charge in [0.05, 0.1) is 23.4 Å². The minimum absolute atomic E-state index is 0.0613. The van der Waals surface area contributed by atoms with E-state index in [-0.39, 0.29) is 11.5 Å². The number of hydrogen-bond acceptors (Lipinski definition) is 6. The molecule has 0 saturated heterocycles. The van der Waals surface area contributed by atoms with Crippen molar-refractivity contribution >= 4 is 50.8 Å². The fourth-order valence-corrected chi connectivity index (χ4v) is 5.42. The first-order valence-corrected chi connectivity index (χ1v) is 11.7. The van der Waals surface area contributed by atoms with Crippen molar-refractivity contribution in [2.45, 2.75) is 25.0 Å². The Kier molecular flexibility index (Phi) is 6.42. The second kappa shape index (κ2) is 9.19. The number of ether oxygens (including phenoxy) is 1. The van der Waals surface area contributed by atoms with Crippen LogP contribution >= 0.6 is 34.7 Å². The van der Waals surface area contributed by atoms with Crippen molar-refractivity contribution in [2.75, 3.05) is 18.9 Å². The van der Waals surface area contributed by atoms with Crippen LogP contribution in [0.2, 0.25) is 5.02 Å². The van der Waals surface area contributed by atoms with Gasteiger partial charge in [-0.15, -0.1) is 23.1 Å². The van der Waals surface area contributed by atoms with Crippen molar-refractivity contribution < 1.29 is 9.53 Å². The van der Waals surface area contributed by atoms with Crippen molar-refractivity contribution in [2.24, 2.45) is 0 Å². The van der Waals surface area contributed by atoms with Gasteiger partial charge in [-0.05, 0) is 49.1 Å². The van der Waals surface area contributed by atoms with Crippen LogP contribution in [0.25, 0.3) is 10.2 Å². The number of carbonyl (C=O) groups excluding carboxylic acids is 1. The molecule has 9 heteroatoms. The normalized spacial score (nSPS) is 12.9. The van der Waals surface area contributed by atoms with Crippen LogP contribution in [0, 0.1) is 0 Å². The van der Waals surface area contributed by atoms with E-state index in [2.05, 4.69) is 15.3 Å². The molecule has 2 heterocycles. The van der Waals surface area contributed by atoms with Crippen LogP contribution in [0.15, 0.2) is 29.1 Å².